The molecule has 0 unspecified atom stereocenters. The molecule has 1 aromatic heterocycles. The summed E-state index contributed by atoms with van der Waals surface area (Å²) in [7, 11) is 1.52. The lowest BCUT2D eigenvalue weighted by Crippen LogP contribution is -2.14. The third kappa shape index (κ3) is 4.78. The van der Waals surface area contributed by atoms with E-state index < -0.39 is 17.3 Å². The second kappa shape index (κ2) is 8.41. The largest absolute Gasteiger partial charge is 0.497 e. The lowest BCUT2D eigenvalue weighted by Gasteiger charge is -2.09. The van der Waals surface area contributed by atoms with E-state index >= 15 is 0 Å². The molecule has 0 atom stereocenters. The van der Waals surface area contributed by atoms with E-state index in [0.29, 0.717) is 16.9 Å². The van der Waals surface area contributed by atoms with E-state index in [-0.39, 0.29) is 22.2 Å². The Kier molecular flexibility index (Phi) is 5.94. The van der Waals surface area contributed by atoms with E-state index in [1.54, 1.807) is 30.3 Å². The van der Waals surface area contributed by atoms with Crippen LogP contribution in [0.15, 0.2) is 58.5 Å². The first-order valence-corrected chi connectivity index (χ1v) is 9.28. The first-order chi connectivity index (χ1) is 13.8. The van der Waals surface area contributed by atoms with Gasteiger partial charge in [-0.2, -0.15) is 18.4 Å². The Morgan fingerprint density at radius 2 is 1.93 bits per heavy atom. The number of nitrogens with zero attached hydrogens (tertiary/aromatic N) is 2. The van der Waals surface area contributed by atoms with E-state index in [9.17, 15) is 23.2 Å². The van der Waals surface area contributed by atoms with E-state index in [2.05, 4.69) is 9.97 Å². The summed E-state index contributed by atoms with van der Waals surface area (Å²) in [6.07, 6.45) is -4.43. The van der Waals surface area contributed by atoms with Gasteiger partial charge in [0.05, 0.1) is 18.4 Å². The summed E-state index contributed by atoms with van der Waals surface area (Å²) >= 11 is 1.07. The smallest absolute Gasteiger partial charge is 0.416 e. The van der Waals surface area contributed by atoms with Crippen molar-refractivity contribution in [2.24, 2.45) is 0 Å². The van der Waals surface area contributed by atoms with Gasteiger partial charge in [0.2, 0.25) is 0 Å². The minimum atomic E-state index is -4.43. The summed E-state index contributed by atoms with van der Waals surface area (Å²) in [5.74, 6) is 0.775. The fraction of sp³-hybridized carbons (Fsp3) is 0.150. The number of halogens is 3. The van der Waals surface area contributed by atoms with Crippen molar-refractivity contribution in [1.82, 2.24) is 9.97 Å². The Labute approximate surface area is 168 Å². The monoisotopic (exact) mass is 417 g/mol. The molecule has 148 valence electrons. The summed E-state index contributed by atoms with van der Waals surface area (Å²) in [5.41, 5.74) is -0.308. The second-order valence-corrected chi connectivity index (χ2v) is 6.89. The van der Waals surface area contributed by atoms with Gasteiger partial charge in [-0.3, -0.25) is 4.79 Å². The average Bonchev–Trinajstić information content (AvgIpc) is 2.71. The zero-order valence-corrected chi connectivity index (χ0v) is 15.9. The van der Waals surface area contributed by atoms with E-state index in [0.717, 1.165) is 23.9 Å². The second-order valence-electron chi connectivity index (χ2n) is 5.92. The number of H-pyrrole nitrogens is 1. The molecule has 0 aliphatic rings. The lowest BCUT2D eigenvalue weighted by atomic mass is 10.1. The molecule has 0 spiro atoms. The number of alkyl halides is 3. The van der Waals surface area contributed by atoms with E-state index in [4.69, 9.17) is 4.74 Å². The number of hydrogen-bond acceptors (Lipinski definition) is 5. The zero-order chi connectivity index (χ0) is 21.0. The molecule has 0 bridgehead atoms. The molecular formula is C20H14F3N3O2S. The quantitative estimate of drug-likeness (QED) is 0.484. The molecule has 0 saturated carbocycles. The van der Waals surface area contributed by atoms with Gasteiger partial charge in [-0.05, 0) is 35.9 Å². The molecule has 1 heterocycles. The SMILES string of the molecule is COc1ccc(-c2nc(SCc3cccc(C(F)(F)F)c3)[nH]c(=O)c2C#N)cc1. The van der Waals surface area contributed by atoms with Crippen LogP contribution in [0.1, 0.15) is 16.7 Å². The third-order valence-electron chi connectivity index (χ3n) is 4.00. The average molecular weight is 417 g/mol. The number of aromatic amines is 1. The van der Waals surface area contributed by atoms with E-state index in [1.165, 1.54) is 13.2 Å². The highest BCUT2D eigenvalue weighted by Gasteiger charge is 2.30. The van der Waals surface area contributed by atoms with Crippen LogP contribution in [0.5, 0.6) is 5.75 Å². The number of thioether (sulfide) groups is 1. The standard InChI is InChI=1S/C20H14F3N3O2S/c1-28-15-7-5-13(6-8-15)17-16(10-24)18(27)26-19(25-17)29-11-12-3-2-4-14(9-12)20(21,22)23/h2-9H,11H2,1H3,(H,25,26,27). The van der Waals surface area contributed by atoms with Crippen LogP contribution in [-0.4, -0.2) is 17.1 Å². The van der Waals surface area contributed by atoms with Gasteiger partial charge in [0.25, 0.3) is 5.56 Å². The number of aromatic nitrogens is 2. The number of benzene rings is 2. The number of nitrogens with one attached hydrogen (secondary N) is 1. The van der Waals surface area contributed by atoms with Crippen molar-refractivity contribution in [2.45, 2.75) is 17.1 Å². The van der Waals surface area contributed by atoms with Gasteiger partial charge in [-0.25, -0.2) is 4.98 Å². The molecule has 3 aromatic rings. The number of methoxy groups -OCH3 is 1. The number of nitriles is 1. The Morgan fingerprint density at radius 1 is 1.21 bits per heavy atom. The molecule has 1 N–H and O–H groups in total. The molecule has 0 aliphatic heterocycles. The lowest BCUT2D eigenvalue weighted by molar-refractivity contribution is -0.137. The van der Waals surface area contributed by atoms with Crippen molar-refractivity contribution >= 4 is 11.8 Å². The molecule has 9 heteroatoms. The van der Waals surface area contributed by atoms with Crippen LogP contribution in [-0.2, 0) is 11.9 Å². The number of rotatable bonds is 5. The Hall–Kier alpha value is -3.25. The molecular weight excluding hydrogens is 403 g/mol. The van der Waals surface area contributed by atoms with Gasteiger partial charge in [0.15, 0.2) is 5.16 Å². The molecule has 0 amide bonds. The van der Waals surface area contributed by atoms with Gasteiger partial charge in [0, 0.05) is 11.3 Å². The van der Waals surface area contributed by atoms with Gasteiger partial charge in [-0.15, -0.1) is 0 Å². The minimum absolute atomic E-state index is 0.140. The maximum absolute atomic E-state index is 12.9. The predicted octanol–water partition coefficient (Wildman–Crippen LogP) is 4.63. The molecule has 5 nitrogen and oxygen atoms in total. The van der Waals surface area contributed by atoms with Crippen LogP contribution in [0.3, 0.4) is 0 Å². The van der Waals surface area contributed by atoms with Crippen molar-refractivity contribution in [3.8, 4) is 23.1 Å². The molecule has 3 rings (SSSR count). The van der Waals surface area contributed by atoms with Crippen molar-refractivity contribution in [2.75, 3.05) is 7.11 Å². The van der Waals surface area contributed by atoms with Crippen LogP contribution in [0.2, 0.25) is 0 Å². The summed E-state index contributed by atoms with van der Waals surface area (Å²) in [4.78, 5) is 19.1. The minimum Gasteiger partial charge on any atom is -0.497 e. The fourth-order valence-corrected chi connectivity index (χ4v) is 3.38. The Balaban J connectivity index is 1.90. The van der Waals surface area contributed by atoms with Crippen molar-refractivity contribution in [3.63, 3.8) is 0 Å². The van der Waals surface area contributed by atoms with Crippen LogP contribution in [0, 0.1) is 11.3 Å². The predicted molar refractivity (Wildman–Crippen MR) is 103 cm³/mol. The first kappa shape index (κ1) is 20.5. The van der Waals surface area contributed by atoms with Crippen LogP contribution < -0.4 is 10.3 Å². The van der Waals surface area contributed by atoms with Crippen LogP contribution in [0.25, 0.3) is 11.3 Å². The normalized spacial score (nSPS) is 11.1. The molecule has 0 fully saturated rings. The van der Waals surface area contributed by atoms with Crippen LogP contribution in [0.4, 0.5) is 13.2 Å². The highest BCUT2D eigenvalue weighted by molar-refractivity contribution is 7.98. The number of ether oxygens (including phenoxy) is 1. The van der Waals surface area contributed by atoms with Gasteiger partial charge in [0.1, 0.15) is 17.4 Å². The summed E-state index contributed by atoms with van der Waals surface area (Å²) in [6, 6.07) is 13.5. The van der Waals surface area contributed by atoms with Crippen molar-refractivity contribution in [1.29, 1.82) is 5.26 Å². The highest BCUT2D eigenvalue weighted by atomic mass is 32.2. The van der Waals surface area contributed by atoms with Crippen LogP contribution >= 0.6 is 11.8 Å². The zero-order valence-electron chi connectivity index (χ0n) is 15.1. The highest BCUT2D eigenvalue weighted by Crippen LogP contribution is 2.31. The molecule has 0 aliphatic carbocycles. The summed E-state index contributed by atoms with van der Waals surface area (Å²) < 4.78 is 43.7. The van der Waals surface area contributed by atoms with Gasteiger partial charge < -0.3 is 9.72 Å². The third-order valence-corrected chi connectivity index (χ3v) is 4.95. The molecule has 2 aromatic carbocycles. The van der Waals surface area contributed by atoms with Crippen molar-refractivity contribution < 1.29 is 17.9 Å². The Morgan fingerprint density at radius 3 is 2.55 bits per heavy atom. The summed E-state index contributed by atoms with van der Waals surface area (Å²) in [6.45, 7) is 0. The van der Waals surface area contributed by atoms with Crippen molar-refractivity contribution in [3.05, 3.63) is 75.6 Å². The maximum atomic E-state index is 12.9. The van der Waals surface area contributed by atoms with Gasteiger partial charge in [-0.1, -0.05) is 30.0 Å². The fourth-order valence-electron chi connectivity index (χ4n) is 2.57. The first-order valence-electron chi connectivity index (χ1n) is 8.29. The molecule has 0 saturated heterocycles. The number of hydrogen-bond donors (Lipinski definition) is 1. The topological polar surface area (TPSA) is 78.8 Å². The van der Waals surface area contributed by atoms with Gasteiger partial charge >= 0.3 is 6.18 Å². The molecule has 0 radical (unpaired) electrons. The maximum Gasteiger partial charge on any atom is 0.416 e. The summed E-state index contributed by atoms with van der Waals surface area (Å²) in [5, 5.41) is 9.52. The Bertz CT molecular complexity index is 1120. The van der Waals surface area contributed by atoms with E-state index in [1.807, 2.05) is 6.07 Å². The molecule has 29 heavy (non-hydrogen) atoms.